The molecular formula is C17H25NO3. The van der Waals surface area contributed by atoms with Gasteiger partial charge in [0.15, 0.2) is 0 Å². The van der Waals surface area contributed by atoms with Gasteiger partial charge in [-0.05, 0) is 50.0 Å². The number of aliphatic carboxylic acids is 1. The van der Waals surface area contributed by atoms with Crippen molar-refractivity contribution >= 4 is 5.97 Å². The van der Waals surface area contributed by atoms with E-state index < -0.39 is 11.4 Å². The van der Waals surface area contributed by atoms with Crippen LogP contribution in [0.5, 0.6) is 5.75 Å². The maximum Gasteiger partial charge on any atom is 0.309 e. The number of carboxylic acids is 1. The smallest absolute Gasteiger partial charge is 0.309 e. The Kier molecular flexibility index (Phi) is 5.23. The van der Waals surface area contributed by atoms with E-state index in [9.17, 15) is 9.90 Å². The lowest BCUT2D eigenvalue weighted by Gasteiger charge is -2.38. The molecule has 1 aliphatic heterocycles. The molecule has 1 heterocycles. The standard InChI is InChI=1S/C17H25NO3/c1-3-7-17(16(19)20)8-10-18(11-9-17)13-14-5-4-6-15(12-14)21-2/h4-6,12H,3,7-11,13H2,1-2H3,(H,19,20). The van der Waals surface area contributed by atoms with Crippen LogP contribution in [0.1, 0.15) is 38.2 Å². The van der Waals surface area contributed by atoms with Gasteiger partial charge in [0, 0.05) is 6.54 Å². The van der Waals surface area contributed by atoms with Crippen LogP contribution in [0.3, 0.4) is 0 Å². The summed E-state index contributed by atoms with van der Waals surface area (Å²) in [5, 5.41) is 9.53. The Morgan fingerprint density at radius 2 is 2.10 bits per heavy atom. The highest BCUT2D eigenvalue weighted by Crippen LogP contribution is 2.36. The number of nitrogens with zero attached hydrogens (tertiary/aromatic N) is 1. The van der Waals surface area contributed by atoms with E-state index in [1.54, 1.807) is 7.11 Å². The van der Waals surface area contributed by atoms with Gasteiger partial charge in [-0.1, -0.05) is 25.5 Å². The van der Waals surface area contributed by atoms with Crippen molar-refractivity contribution in [2.75, 3.05) is 20.2 Å². The van der Waals surface area contributed by atoms with Gasteiger partial charge in [-0.2, -0.15) is 0 Å². The van der Waals surface area contributed by atoms with Gasteiger partial charge in [0.2, 0.25) is 0 Å². The van der Waals surface area contributed by atoms with Gasteiger partial charge in [-0.15, -0.1) is 0 Å². The van der Waals surface area contributed by atoms with Gasteiger partial charge in [-0.25, -0.2) is 0 Å². The third kappa shape index (κ3) is 3.76. The highest BCUT2D eigenvalue weighted by Gasteiger charge is 2.40. The summed E-state index contributed by atoms with van der Waals surface area (Å²) in [6.07, 6.45) is 3.22. The van der Waals surface area contributed by atoms with Gasteiger partial charge >= 0.3 is 5.97 Å². The van der Waals surface area contributed by atoms with Crippen LogP contribution in [0.2, 0.25) is 0 Å². The van der Waals surface area contributed by atoms with Crippen LogP contribution in [0.4, 0.5) is 0 Å². The number of benzene rings is 1. The van der Waals surface area contributed by atoms with Crippen molar-refractivity contribution < 1.29 is 14.6 Å². The van der Waals surface area contributed by atoms with E-state index in [0.717, 1.165) is 51.1 Å². The zero-order valence-electron chi connectivity index (χ0n) is 13.0. The summed E-state index contributed by atoms with van der Waals surface area (Å²) in [4.78, 5) is 13.9. The van der Waals surface area contributed by atoms with Gasteiger partial charge < -0.3 is 9.84 Å². The minimum absolute atomic E-state index is 0.500. The highest BCUT2D eigenvalue weighted by atomic mass is 16.5. The molecule has 1 aromatic carbocycles. The minimum Gasteiger partial charge on any atom is -0.497 e. The lowest BCUT2D eigenvalue weighted by molar-refractivity contribution is -0.152. The number of hydrogen-bond acceptors (Lipinski definition) is 3. The van der Waals surface area contributed by atoms with Crippen LogP contribution in [0.15, 0.2) is 24.3 Å². The predicted molar refractivity (Wildman–Crippen MR) is 82.5 cm³/mol. The molecule has 0 radical (unpaired) electrons. The van der Waals surface area contributed by atoms with E-state index in [1.165, 1.54) is 5.56 Å². The summed E-state index contributed by atoms with van der Waals surface area (Å²) in [5.74, 6) is 0.251. The summed E-state index contributed by atoms with van der Waals surface area (Å²) in [7, 11) is 1.67. The normalized spacial score (nSPS) is 18.4. The SMILES string of the molecule is CCCC1(C(=O)O)CCN(Cc2cccc(OC)c2)CC1. The molecule has 0 bridgehead atoms. The van der Waals surface area contributed by atoms with Crippen LogP contribution >= 0.6 is 0 Å². The van der Waals surface area contributed by atoms with Gasteiger partial charge in [0.05, 0.1) is 12.5 Å². The van der Waals surface area contributed by atoms with Crippen LogP contribution in [0, 0.1) is 5.41 Å². The Balaban J connectivity index is 1.95. The van der Waals surface area contributed by atoms with Crippen molar-refractivity contribution in [2.24, 2.45) is 5.41 Å². The monoisotopic (exact) mass is 291 g/mol. The van der Waals surface area contributed by atoms with Crippen molar-refractivity contribution in [3.05, 3.63) is 29.8 Å². The fourth-order valence-electron chi connectivity index (χ4n) is 3.22. The van der Waals surface area contributed by atoms with Crippen molar-refractivity contribution in [3.63, 3.8) is 0 Å². The first kappa shape index (κ1) is 15.8. The quantitative estimate of drug-likeness (QED) is 0.874. The molecule has 2 rings (SSSR count). The zero-order chi connectivity index (χ0) is 15.3. The second-order valence-electron chi connectivity index (χ2n) is 5.96. The lowest BCUT2D eigenvalue weighted by atomic mass is 9.75. The van der Waals surface area contributed by atoms with E-state index in [4.69, 9.17) is 4.74 Å². The van der Waals surface area contributed by atoms with Crippen molar-refractivity contribution in [1.29, 1.82) is 0 Å². The molecule has 1 N–H and O–H groups in total. The molecule has 1 saturated heterocycles. The first-order valence-electron chi connectivity index (χ1n) is 7.68. The number of carboxylic acid groups (broad SMARTS) is 1. The van der Waals surface area contributed by atoms with Crippen molar-refractivity contribution in [2.45, 2.75) is 39.2 Å². The van der Waals surface area contributed by atoms with Crippen LogP contribution in [-0.4, -0.2) is 36.2 Å². The summed E-state index contributed by atoms with van der Waals surface area (Å²) in [5.41, 5.74) is 0.715. The fourth-order valence-corrected chi connectivity index (χ4v) is 3.22. The molecule has 1 aromatic rings. The first-order chi connectivity index (χ1) is 10.1. The highest BCUT2D eigenvalue weighted by molar-refractivity contribution is 5.74. The Morgan fingerprint density at radius 3 is 2.67 bits per heavy atom. The minimum atomic E-state index is -0.620. The third-order valence-electron chi connectivity index (χ3n) is 4.54. The average molecular weight is 291 g/mol. The number of likely N-dealkylation sites (tertiary alicyclic amines) is 1. The molecule has 0 spiro atoms. The number of ether oxygens (including phenoxy) is 1. The molecular weight excluding hydrogens is 266 g/mol. The molecule has 4 nitrogen and oxygen atoms in total. The van der Waals surface area contributed by atoms with Gasteiger partial charge in [0.25, 0.3) is 0 Å². The largest absolute Gasteiger partial charge is 0.497 e. The second kappa shape index (κ2) is 6.94. The summed E-state index contributed by atoms with van der Waals surface area (Å²) in [6.45, 7) is 4.62. The topological polar surface area (TPSA) is 49.8 Å². The van der Waals surface area contributed by atoms with Gasteiger partial charge in [0.1, 0.15) is 5.75 Å². The lowest BCUT2D eigenvalue weighted by Crippen LogP contribution is -2.44. The molecule has 0 aliphatic carbocycles. The van der Waals surface area contributed by atoms with Crippen molar-refractivity contribution in [3.8, 4) is 5.75 Å². The molecule has 0 unspecified atom stereocenters. The number of hydrogen-bond donors (Lipinski definition) is 1. The maximum absolute atomic E-state index is 11.6. The number of carbonyl (C=O) groups is 1. The average Bonchev–Trinajstić information content (AvgIpc) is 2.49. The van der Waals surface area contributed by atoms with Crippen molar-refractivity contribution in [1.82, 2.24) is 4.90 Å². The fraction of sp³-hybridized carbons (Fsp3) is 0.588. The van der Waals surface area contributed by atoms with E-state index in [2.05, 4.69) is 17.9 Å². The number of piperidine rings is 1. The molecule has 0 saturated carbocycles. The van der Waals surface area contributed by atoms with E-state index in [-0.39, 0.29) is 0 Å². The van der Waals surface area contributed by atoms with Crippen LogP contribution in [-0.2, 0) is 11.3 Å². The molecule has 21 heavy (non-hydrogen) atoms. The summed E-state index contributed by atoms with van der Waals surface area (Å²) < 4.78 is 5.24. The molecule has 4 heteroatoms. The Hall–Kier alpha value is -1.55. The molecule has 0 atom stereocenters. The number of rotatable bonds is 6. The molecule has 116 valence electrons. The molecule has 0 aromatic heterocycles. The Labute approximate surface area is 126 Å². The third-order valence-corrected chi connectivity index (χ3v) is 4.54. The van der Waals surface area contributed by atoms with E-state index in [1.807, 2.05) is 18.2 Å². The van der Waals surface area contributed by atoms with Crippen LogP contribution in [0.25, 0.3) is 0 Å². The van der Waals surface area contributed by atoms with E-state index >= 15 is 0 Å². The Bertz CT molecular complexity index is 479. The summed E-state index contributed by atoms with van der Waals surface area (Å²) >= 11 is 0. The number of methoxy groups -OCH3 is 1. The van der Waals surface area contributed by atoms with Gasteiger partial charge in [-0.3, -0.25) is 9.69 Å². The maximum atomic E-state index is 11.6. The predicted octanol–water partition coefficient (Wildman–Crippen LogP) is 3.16. The summed E-state index contributed by atoms with van der Waals surface area (Å²) in [6, 6.07) is 8.08. The van der Waals surface area contributed by atoms with Crippen LogP contribution < -0.4 is 4.74 Å². The Morgan fingerprint density at radius 1 is 1.38 bits per heavy atom. The molecule has 1 fully saturated rings. The molecule has 1 aliphatic rings. The second-order valence-corrected chi connectivity index (χ2v) is 5.96. The zero-order valence-corrected chi connectivity index (χ0v) is 13.0. The first-order valence-corrected chi connectivity index (χ1v) is 7.68. The van der Waals surface area contributed by atoms with E-state index in [0.29, 0.717) is 0 Å². The molecule has 0 amide bonds.